The average molecular weight is 437 g/mol. The van der Waals surface area contributed by atoms with Crippen LogP contribution in [0.5, 0.6) is 0 Å². The largest absolute Gasteiger partial charge is 0.379 e. The Morgan fingerprint density at radius 2 is 1.45 bits per heavy atom. The third-order valence-corrected chi connectivity index (χ3v) is 7.08. The van der Waals surface area contributed by atoms with Crippen molar-refractivity contribution in [1.29, 1.82) is 0 Å². The summed E-state index contributed by atoms with van der Waals surface area (Å²) in [5.74, 6) is -0.156. The van der Waals surface area contributed by atoms with Gasteiger partial charge in [-0.1, -0.05) is 54.6 Å². The summed E-state index contributed by atoms with van der Waals surface area (Å²) in [7, 11) is -3.54. The van der Waals surface area contributed by atoms with Gasteiger partial charge < -0.3 is 10.1 Å². The lowest BCUT2D eigenvalue weighted by Gasteiger charge is -2.26. The van der Waals surface area contributed by atoms with Gasteiger partial charge in [0.1, 0.15) is 0 Å². The second-order valence-corrected chi connectivity index (χ2v) is 9.27. The first-order valence-electron chi connectivity index (χ1n) is 10.1. The standard InChI is InChI=1S/C24H24N2O4S/c27-24(18-19-6-8-21(9-7-19)20-4-2-1-3-5-20)25-22-10-12-23(13-11-22)31(28,29)26-14-16-30-17-15-26/h1-13H,14-18H2,(H,25,27). The number of carbonyl (C=O) groups excluding carboxylic acids is 1. The quantitative estimate of drug-likeness (QED) is 0.641. The fourth-order valence-corrected chi connectivity index (χ4v) is 4.89. The van der Waals surface area contributed by atoms with E-state index in [0.29, 0.717) is 32.0 Å². The molecule has 0 unspecified atom stereocenters. The van der Waals surface area contributed by atoms with Crippen LogP contribution in [0.4, 0.5) is 5.69 Å². The van der Waals surface area contributed by atoms with Crippen LogP contribution in [0, 0.1) is 0 Å². The molecule has 4 rings (SSSR count). The molecule has 0 radical (unpaired) electrons. The van der Waals surface area contributed by atoms with E-state index >= 15 is 0 Å². The fraction of sp³-hybridized carbons (Fsp3) is 0.208. The molecular formula is C24H24N2O4S. The first-order valence-corrected chi connectivity index (χ1v) is 11.6. The molecule has 1 aliphatic rings. The molecule has 31 heavy (non-hydrogen) atoms. The summed E-state index contributed by atoms with van der Waals surface area (Å²) < 4.78 is 32.0. The Morgan fingerprint density at radius 3 is 2.10 bits per heavy atom. The van der Waals surface area contributed by atoms with Crippen molar-refractivity contribution in [2.75, 3.05) is 31.6 Å². The van der Waals surface area contributed by atoms with Crippen molar-refractivity contribution in [1.82, 2.24) is 4.31 Å². The highest BCUT2D eigenvalue weighted by molar-refractivity contribution is 7.89. The molecule has 0 atom stereocenters. The Morgan fingerprint density at radius 1 is 0.839 bits per heavy atom. The van der Waals surface area contributed by atoms with Crippen LogP contribution in [0.15, 0.2) is 83.8 Å². The van der Waals surface area contributed by atoms with E-state index in [0.717, 1.165) is 16.7 Å². The lowest BCUT2D eigenvalue weighted by atomic mass is 10.0. The molecular weight excluding hydrogens is 412 g/mol. The van der Waals surface area contributed by atoms with Crippen molar-refractivity contribution in [3.63, 3.8) is 0 Å². The smallest absolute Gasteiger partial charge is 0.243 e. The molecule has 0 saturated carbocycles. The predicted molar refractivity (Wildman–Crippen MR) is 120 cm³/mol. The van der Waals surface area contributed by atoms with Crippen LogP contribution in [0.2, 0.25) is 0 Å². The van der Waals surface area contributed by atoms with Gasteiger partial charge in [0.15, 0.2) is 0 Å². The van der Waals surface area contributed by atoms with E-state index in [1.54, 1.807) is 12.1 Å². The van der Waals surface area contributed by atoms with Crippen LogP contribution in [0.3, 0.4) is 0 Å². The molecule has 3 aromatic carbocycles. The number of carbonyl (C=O) groups is 1. The molecule has 6 nitrogen and oxygen atoms in total. The maximum absolute atomic E-state index is 12.7. The molecule has 1 N–H and O–H groups in total. The lowest BCUT2D eigenvalue weighted by molar-refractivity contribution is -0.115. The fourth-order valence-electron chi connectivity index (χ4n) is 3.48. The normalized spacial score (nSPS) is 14.8. The van der Waals surface area contributed by atoms with Crippen LogP contribution in [-0.2, 0) is 26.0 Å². The highest BCUT2D eigenvalue weighted by Gasteiger charge is 2.26. The molecule has 0 bridgehead atoms. The molecule has 1 fully saturated rings. The molecule has 0 spiro atoms. The number of nitrogens with one attached hydrogen (secondary N) is 1. The van der Waals surface area contributed by atoms with Gasteiger partial charge >= 0.3 is 0 Å². The molecule has 160 valence electrons. The second kappa shape index (κ2) is 9.43. The summed E-state index contributed by atoms with van der Waals surface area (Å²) in [6.07, 6.45) is 0.239. The van der Waals surface area contributed by atoms with Crippen molar-refractivity contribution in [3.05, 3.63) is 84.4 Å². The first kappa shape index (κ1) is 21.2. The van der Waals surface area contributed by atoms with E-state index < -0.39 is 10.0 Å². The Balaban J connectivity index is 1.36. The average Bonchev–Trinajstić information content (AvgIpc) is 2.81. The number of sulfonamides is 1. The van der Waals surface area contributed by atoms with Gasteiger partial charge in [-0.05, 0) is 41.0 Å². The summed E-state index contributed by atoms with van der Waals surface area (Å²) in [6.45, 7) is 1.51. The van der Waals surface area contributed by atoms with Gasteiger partial charge in [-0.15, -0.1) is 0 Å². The minimum atomic E-state index is -3.54. The lowest BCUT2D eigenvalue weighted by Crippen LogP contribution is -2.40. The molecule has 0 aliphatic carbocycles. The van der Waals surface area contributed by atoms with E-state index in [9.17, 15) is 13.2 Å². The van der Waals surface area contributed by atoms with E-state index in [-0.39, 0.29) is 17.2 Å². The predicted octanol–water partition coefficient (Wildman–Crippen LogP) is 3.56. The van der Waals surface area contributed by atoms with Crippen molar-refractivity contribution >= 4 is 21.6 Å². The zero-order valence-corrected chi connectivity index (χ0v) is 17.8. The van der Waals surface area contributed by atoms with Crippen LogP contribution < -0.4 is 5.32 Å². The number of amides is 1. The molecule has 7 heteroatoms. The molecule has 3 aromatic rings. The Hall–Kier alpha value is -3.00. The molecule has 1 saturated heterocycles. The first-order chi connectivity index (χ1) is 15.0. The summed E-state index contributed by atoms with van der Waals surface area (Å²) in [4.78, 5) is 12.6. The van der Waals surface area contributed by atoms with Gasteiger partial charge in [0.25, 0.3) is 0 Å². The van der Waals surface area contributed by atoms with Crippen molar-refractivity contribution in [2.45, 2.75) is 11.3 Å². The highest BCUT2D eigenvalue weighted by atomic mass is 32.2. The van der Waals surface area contributed by atoms with Crippen molar-refractivity contribution in [3.8, 4) is 11.1 Å². The van der Waals surface area contributed by atoms with Gasteiger partial charge in [-0.2, -0.15) is 4.31 Å². The number of hydrogen-bond acceptors (Lipinski definition) is 4. The summed E-state index contributed by atoms with van der Waals surface area (Å²) >= 11 is 0. The molecule has 0 aromatic heterocycles. The Labute approximate surface area is 182 Å². The number of rotatable bonds is 6. The maximum Gasteiger partial charge on any atom is 0.243 e. The zero-order valence-electron chi connectivity index (χ0n) is 17.0. The SMILES string of the molecule is O=C(Cc1ccc(-c2ccccc2)cc1)Nc1ccc(S(=O)(=O)N2CCOCC2)cc1. The van der Waals surface area contributed by atoms with Gasteiger partial charge in [-0.3, -0.25) is 4.79 Å². The van der Waals surface area contributed by atoms with Gasteiger partial charge in [0.2, 0.25) is 15.9 Å². The van der Waals surface area contributed by atoms with Crippen molar-refractivity contribution < 1.29 is 17.9 Å². The van der Waals surface area contributed by atoms with Crippen molar-refractivity contribution in [2.24, 2.45) is 0 Å². The van der Waals surface area contributed by atoms with Crippen LogP contribution >= 0.6 is 0 Å². The van der Waals surface area contributed by atoms with Gasteiger partial charge in [-0.25, -0.2) is 8.42 Å². The monoisotopic (exact) mass is 436 g/mol. The third-order valence-electron chi connectivity index (χ3n) is 5.17. The van der Waals surface area contributed by atoms with E-state index in [1.165, 1.54) is 16.4 Å². The van der Waals surface area contributed by atoms with Gasteiger partial charge in [0.05, 0.1) is 24.5 Å². The minimum Gasteiger partial charge on any atom is -0.379 e. The molecule has 1 amide bonds. The van der Waals surface area contributed by atoms with E-state index in [2.05, 4.69) is 5.32 Å². The molecule has 1 heterocycles. The highest BCUT2D eigenvalue weighted by Crippen LogP contribution is 2.21. The van der Waals surface area contributed by atoms with Gasteiger partial charge in [0, 0.05) is 18.8 Å². The molecule has 1 aliphatic heterocycles. The summed E-state index contributed by atoms with van der Waals surface area (Å²) in [6, 6.07) is 24.2. The number of morpholine rings is 1. The summed E-state index contributed by atoms with van der Waals surface area (Å²) in [5, 5.41) is 2.83. The van der Waals surface area contributed by atoms with E-state index in [1.807, 2.05) is 54.6 Å². The van der Waals surface area contributed by atoms with Crippen LogP contribution in [-0.4, -0.2) is 44.9 Å². The number of nitrogens with zero attached hydrogens (tertiary/aromatic N) is 1. The summed E-state index contributed by atoms with van der Waals surface area (Å²) in [5.41, 5.74) is 3.70. The maximum atomic E-state index is 12.7. The van der Waals surface area contributed by atoms with Crippen LogP contribution in [0.25, 0.3) is 11.1 Å². The zero-order chi connectivity index (χ0) is 21.7. The third kappa shape index (κ3) is 5.19. The second-order valence-electron chi connectivity index (χ2n) is 7.33. The Kier molecular flexibility index (Phi) is 6.46. The number of anilines is 1. The van der Waals surface area contributed by atoms with E-state index in [4.69, 9.17) is 4.74 Å². The number of benzene rings is 3. The number of hydrogen-bond donors (Lipinski definition) is 1. The van der Waals surface area contributed by atoms with Crippen LogP contribution in [0.1, 0.15) is 5.56 Å². The topological polar surface area (TPSA) is 75.7 Å². The Bertz CT molecular complexity index is 1120. The minimum absolute atomic E-state index is 0.156. The number of ether oxygens (including phenoxy) is 1.